The SMILES string of the molecule is CCNc1cc(Nc2ccc(OC)c(C)c2)nc(SC)n1. The van der Waals surface area contributed by atoms with Crippen LogP contribution in [-0.2, 0) is 0 Å². The van der Waals surface area contributed by atoms with E-state index in [4.69, 9.17) is 4.74 Å². The molecule has 0 fully saturated rings. The van der Waals surface area contributed by atoms with Gasteiger partial charge >= 0.3 is 0 Å². The quantitative estimate of drug-likeness (QED) is 0.627. The zero-order chi connectivity index (χ0) is 15.2. The Morgan fingerprint density at radius 2 is 1.95 bits per heavy atom. The second kappa shape index (κ2) is 7.17. The predicted molar refractivity (Wildman–Crippen MR) is 89.0 cm³/mol. The third-order valence-corrected chi connectivity index (χ3v) is 3.46. The molecule has 112 valence electrons. The highest BCUT2D eigenvalue weighted by Crippen LogP contribution is 2.25. The number of rotatable bonds is 6. The van der Waals surface area contributed by atoms with E-state index in [9.17, 15) is 0 Å². The van der Waals surface area contributed by atoms with Crippen LogP contribution in [0.3, 0.4) is 0 Å². The zero-order valence-electron chi connectivity index (χ0n) is 12.7. The van der Waals surface area contributed by atoms with Crippen LogP contribution in [0.25, 0.3) is 0 Å². The fourth-order valence-corrected chi connectivity index (χ4v) is 2.34. The van der Waals surface area contributed by atoms with Crippen molar-refractivity contribution in [3.8, 4) is 5.75 Å². The molecule has 5 nitrogen and oxygen atoms in total. The lowest BCUT2D eigenvalue weighted by molar-refractivity contribution is 0.412. The molecule has 0 bridgehead atoms. The van der Waals surface area contributed by atoms with Crippen molar-refractivity contribution in [2.75, 3.05) is 30.5 Å². The fourth-order valence-electron chi connectivity index (χ4n) is 1.96. The minimum atomic E-state index is 0.737. The minimum absolute atomic E-state index is 0.737. The van der Waals surface area contributed by atoms with Crippen LogP contribution in [0.5, 0.6) is 5.75 Å². The van der Waals surface area contributed by atoms with Crippen molar-refractivity contribution in [2.24, 2.45) is 0 Å². The molecule has 6 heteroatoms. The first-order valence-electron chi connectivity index (χ1n) is 6.75. The molecule has 0 aliphatic rings. The number of hydrogen-bond acceptors (Lipinski definition) is 6. The van der Waals surface area contributed by atoms with E-state index < -0.39 is 0 Å². The van der Waals surface area contributed by atoms with Crippen LogP contribution in [0.2, 0.25) is 0 Å². The maximum atomic E-state index is 5.27. The van der Waals surface area contributed by atoms with Crippen molar-refractivity contribution in [3.63, 3.8) is 0 Å². The van der Waals surface area contributed by atoms with Gasteiger partial charge in [-0.15, -0.1) is 0 Å². The number of hydrogen-bond donors (Lipinski definition) is 2. The summed E-state index contributed by atoms with van der Waals surface area (Å²) in [4.78, 5) is 8.88. The molecule has 0 saturated carbocycles. The van der Waals surface area contributed by atoms with Crippen molar-refractivity contribution >= 4 is 29.1 Å². The van der Waals surface area contributed by atoms with Gasteiger partial charge in [-0.1, -0.05) is 11.8 Å². The standard InChI is InChI=1S/C15H20N4OS/c1-5-16-13-9-14(19-15(18-13)21-4)17-11-6-7-12(20-3)10(2)8-11/h6-9H,5H2,1-4H3,(H2,16,17,18,19). The van der Waals surface area contributed by atoms with Crippen LogP contribution >= 0.6 is 11.8 Å². The Balaban J connectivity index is 2.25. The molecule has 0 saturated heterocycles. The predicted octanol–water partition coefficient (Wildman–Crippen LogP) is 3.69. The molecule has 0 atom stereocenters. The van der Waals surface area contributed by atoms with E-state index in [1.807, 2.05) is 44.4 Å². The first-order valence-corrected chi connectivity index (χ1v) is 7.97. The molecule has 0 aliphatic heterocycles. The third kappa shape index (κ3) is 4.01. The van der Waals surface area contributed by atoms with Crippen LogP contribution in [0.1, 0.15) is 12.5 Å². The number of anilines is 3. The summed E-state index contributed by atoms with van der Waals surface area (Å²) < 4.78 is 5.27. The van der Waals surface area contributed by atoms with Crippen LogP contribution in [0, 0.1) is 6.92 Å². The van der Waals surface area contributed by atoms with E-state index in [2.05, 4.69) is 20.6 Å². The molecule has 0 radical (unpaired) electrons. The molecule has 1 aromatic heterocycles. The second-order valence-electron chi connectivity index (χ2n) is 4.46. The third-order valence-electron chi connectivity index (χ3n) is 2.91. The lowest BCUT2D eigenvalue weighted by Crippen LogP contribution is -2.03. The van der Waals surface area contributed by atoms with E-state index in [1.54, 1.807) is 7.11 Å². The maximum Gasteiger partial charge on any atom is 0.191 e. The van der Waals surface area contributed by atoms with Crippen LogP contribution < -0.4 is 15.4 Å². The summed E-state index contributed by atoms with van der Waals surface area (Å²) in [5, 5.41) is 7.26. The van der Waals surface area contributed by atoms with E-state index in [0.29, 0.717) is 0 Å². The number of aromatic nitrogens is 2. The van der Waals surface area contributed by atoms with Gasteiger partial charge in [-0.05, 0) is 43.9 Å². The number of ether oxygens (including phenoxy) is 1. The van der Waals surface area contributed by atoms with E-state index in [0.717, 1.165) is 40.3 Å². The summed E-state index contributed by atoms with van der Waals surface area (Å²) in [5.41, 5.74) is 2.05. The van der Waals surface area contributed by atoms with Gasteiger partial charge in [-0.2, -0.15) is 0 Å². The second-order valence-corrected chi connectivity index (χ2v) is 5.24. The molecular weight excluding hydrogens is 284 g/mol. The average Bonchev–Trinajstić information content (AvgIpc) is 2.47. The molecule has 1 aromatic carbocycles. The number of nitrogens with zero attached hydrogens (tertiary/aromatic N) is 2. The number of aryl methyl sites for hydroxylation is 1. The Morgan fingerprint density at radius 3 is 2.57 bits per heavy atom. The Bertz CT molecular complexity index is 619. The van der Waals surface area contributed by atoms with E-state index in [-0.39, 0.29) is 0 Å². The van der Waals surface area contributed by atoms with Gasteiger partial charge in [0, 0.05) is 18.3 Å². The van der Waals surface area contributed by atoms with Crippen molar-refractivity contribution in [1.82, 2.24) is 9.97 Å². The lowest BCUT2D eigenvalue weighted by atomic mass is 10.2. The van der Waals surface area contributed by atoms with Gasteiger partial charge in [0.15, 0.2) is 5.16 Å². The summed E-state index contributed by atoms with van der Waals surface area (Å²) >= 11 is 1.52. The zero-order valence-corrected chi connectivity index (χ0v) is 13.5. The topological polar surface area (TPSA) is 59.1 Å². The Labute approximate surface area is 129 Å². The van der Waals surface area contributed by atoms with Crippen LogP contribution in [0.4, 0.5) is 17.3 Å². The molecule has 2 aromatic rings. The maximum absolute atomic E-state index is 5.27. The monoisotopic (exact) mass is 304 g/mol. The van der Waals surface area contributed by atoms with E-state index in [1.165, 1.54) is 11.8 Å². The lowest BCUT2D eigenvalue weighted by Gasteiger charge is -2.11. The van der Waals surface area contributed by atoms with Gasteiger partial charge in [-0.25, -0.2) is 9.97 Å². The highest BCUT2D eigenvalue weighted by Gasteiger charge is 2.05. The minimum Gasteiger partial charge on any atom is -0.496 e. The van der Waals surface area contributed by atoms with Gasteiger partial charge in [0.25, 0.3) is 0 Å². The highest BCUT2D eigenvalue weighted by atomic mass is 32.2. The first kappa shape index (κ1) is 15.4. The Hall–Kier alpha value is -1.95. The first-order chi connectivity index (χ1) is 10.2. The molecule has 0 amide bonds. The number of methoxy groups -OCH3 is 1. The average molecular weight is 304 g/mol. The summed E-state index contributed by atoms with van der Waals surface area (Å²) in [6.07, 6.45) is 1.96. The molecule has 0 unspecified atom stereocenters. The summed E-state index contributed by atoms with van der Waals surface area (Å²) in [6.45, 7) is 4.88. The van der Waals surface area contributed by atoms with Crippen LogP contribution in [-0.4, -0.2) is 29.9 Å². The summed E-state index contributed by atoms with van der Waals surface area (Å²) in [6, 6.07) is 7.86. The van der Waals surface area contributed by atoms with Crippen molar-refractivity contribution in [2.45, 2.75) is 19.0 Å². The number of thioether (sulfide) groups is 1. The molecular formula is C15H20N4OS. The molecule has 1 heterocycles. The number of nitrogens with one attached hydrogen (secondary N) is 2. The normalized spacial score (nSPS) is 10.3. The van der Waals surface area contributed by atoms with Gasteiger partial charge in [0.05, 0.1) is 7.11 Å². The van der Waals surface area contributed by atoms with Crippen molar-refractivity contribution in [1.29, 1.82) is 0 Å². The van der Waals surface area contributed by atoms with Gasteiger partial charge in [0.1, 0.15) is 17.4 Å². The highest BCUT2D eigenvalue weighted by molar-refractivity contribution is 7.98. The Morgan fingerprint density at radius 1 is 1.19 bits per heavy atom. The van der Waals surface area contributed by atoms with Crippen molar-refractivity contribution < 1.29 is 4.74 Å². The smallest absolute Gasteiger partial charge is 0.191 e. The molecule has 2 N–H and O–H groups in total. The van der Waals surface area contributed by atoms with Gasteiger partial charge < -0.3 is 15.4 Å². The fraction of sp³-hybridized carbons (Fsp3) is 0.333. The Kier molecular flexibility index (Phi) is 5.27. The summed E-state index contributed by atoms with van der Waals surface area (Å²) in [5.74, 6) is 2.47. The summed E-state index contributed by atoms with van der Waals surface area (Å²) in [7, 11) is 1.67. The van der Waals surface area contributed by atoms with Gasteiger partial charge in [0.2, 0.25) is 0 Å². The molecule has 2 rings (SSSR count). The largest absolute Gasteiger partial charge is 0.496 e. The van der Waals surface area contributed by atoms with Crippen molar-refractivity contribution in [3.05, 3.63) is 29.8 Å². The van der Waals surface area contributed by atoms with Gasteiger partial charge in [-0.3, -0.25) is 0 Å². The molecule has 0 spiro atoms. The molecule has 0 aliphatic carbocycles. The molecule has 21 heavy (non-hydrogen) atoms. The number of benzene rings is 1. The van der Waals surface area contributed by atoms with E-state index >= 15 is 0 Å². The van der Waals surface area contributed by atoms with Crippen LogP contribution in [0.15, 0.2) is 29.4 Å².